The molecule has 12 rings (SSSR count). The van der Waals surface area contributed by atoms with Gasteiger partial charge in [-0.3, -0.25) is 0 Å². The molecule has 2 aromatic heterocycles. The standard InChI is InChI=1S/C56H38N2S/c1-56(48-21-9-5-17-42(48)43-18-6-10-22-49(43)56)50-23-11-13-25-53(50)57(41-32-33-46-45-20-8-14-26-54(45)59-55(46)36-41)40-30-27-37(28-31-40)38-29-34-52-47(35-38)44-19-7-12-24-51(44)58(52)39-15-3-2-4-16-39/h2-36H,1H3. The summed E-state index contributed by atoms with van der Waals surface area (Å²) in [5.74, 6) is 0. The molecule has 0 radical (unpaired) electrons. The molecule has 0 bridgehead atoms. The largest absolute Gasteiger partial charge is 0.310 e. The maximum absolute atomic E-state index is 2.48. The molecule has 2 nitrogen and oxygen atoms in total. The van der Waals surface area contributed by atoms with Crippen LogP contribution < -0.4 is 4.90 Å². The normalized spacial score (nSPS) is 13.0. The van der Waals surface area contributed by atoms with E-state index in [2.05, 4.69) is 229 Å². The first-order valence-electron chi connectivity index (χ1n) is 20.3. The van der Waals surface area contributed by atoms with Crippen LogP contribution in [-0.4, -0.2) is 4.57 Å². The number of rotatable bonds is 6. The number of hydrogen-bond donors (Lipinski definition) is 0. The van der Waals surface area contributed by atoms with Crippen molar-refractivity contribution in [3.05, 3.63) is 229 Å². The number of para-hydroxylation sites is 3. The molecule has 3 heteroatoms. The Labute approximate surface area is 347 Å². The van der Waals surface area contributed by atoms with Crippen LogP contribution in [0.3, 0.4) is 0 Å². The Kier molecular flexibility index (Phi) is 7.57. The van der Waals surface area contributed by atoms with E-state index in [4.69, 9.17) is 0 Å². The maximum Gasteiger partial charge on any atom is 0.0541 e. The molecule has 0 saturated carbocycles. The van der Waals surface area contributed by atoms with Crippen LogP contribution in [0.15, 0.2) is 212 Å². The van der Waals surface area contributed by atoms with Gasteiger partial charge in [0.25, 0.3) is 0 Å². The molecule has 9 aromatic carbocycles. The van der Waals surface area contributed by atoms with Crippen LogP contribution in [0.25, 0.3) is 69.9 Å². The van der Waals surface area contributed by atoms with Crippen molar-refractivity contribution in [1.82, 2.24) is 4.57 Å². The van der Waals surface area contributed by atoms with Crippen LogP contribution >= 0.6 is 11.3 Å². The van der Waals surface area contributed by atoms with Gasteiger partial charge in [0.2, 0.25) is 0 Å². The molecule has 0 unspecified atom stereocenters. The van der Waals surface area contributed by atoms with Crippen molar-refractivity contribution in [2.24, 2.45) is 0 Å². The number of fused-ring (bicyclic) bond motifs is 9. The van der Waals surface area contributed by atoms with Crippen LogP contribution in [-0.2, 0) is 5.41 Å². The maximum atomic E-state index is 2.48. The minimum atomic E-state index is -0.363. The van der Waals surface area contributed by atoms with E-state index in [0.29, 0.717) is 0 Å². The first-order valence-corrected chi connectivity index (χ1v) is 21.2. The quantitative estimate of drug-likeness (QED) is 0.163. The number of thiophene rings is 1. The van der Waals surface area contributed by atoms with Crippen molar-refractivity contribution in [1.29, 1.82) is 0 Å². The second-order valence-corrected chi connectivity index (χ2v) is 16.9. The van der Waals surface area contributed by atoms with Gasteiger partial charge in [-0.2, -0.15) is 0 Å². The second-order valence-electron chi connectivity index (χ2n) is 15.8. The van der Waals surface area contributed by atoms with Crippen molar-refractivity contribution in [3.63, 3.8) is 0 Å². The van der Waals surface area contributed by atoms with Gasteiger partial charge in [-0.1, -0.05) is 146 Å². The molecule has 2 heterocycles. The molecule has 1 aliphatic rings. The Bertz CT molecular complexity index is 3360. The topological polar surface area (TPSA) is 8.17 Å². The molecule has 0 saturated heterocycles. The summed E-state index contributed by atoms with van der Waals surface area (Å²) in [7, 11) is 0. The highest BCUT2D eigenvalue weighted by atomic mass is 32.1. The van der Waals surface area contributed by atoms with E-state index in [9.17, 15) is 0 Å². The van der Waals surface area contributed by atoms with Gasteiger partial charge in [0, 0.05) is 53.4 Å². The van der Waals surface area contributed by atoms with Crippen LogP contribution in [0.1, 0.15) is 23.6 Å². The van der Waals surface area contributed by atoms with Crippen molar-refractivity contribution < 1.29 is 0 Å². The predicted molar refractivity (Wildman–Crippen MR) is 251 cm³/mol. The summed E-state index contributed by atoms with van der Waals surface area (Å²) >= 11 is 1.87. The van der Waals surface area contributed by atoms with Crippen molar-refractivity contribution >= 4 is 70.4 Å². The molecular formula is C56H38N2S. The Balaban J connectivity index is 1.03. The Hall–Kier alpha value is -7.20. The van der Waals surface area contributed by atoms with E-state index in [1.54, 1.807) is 0 Å². The van der Waals surface area contributed by atoms with Crippen LogP contribution in [0.2, 0.25) is 0 Å². The van der Waals surface area contributed by atoms with Gasteiger partial charge in [0.1, 0.15) is 0 Å². The zero-order valence-corrected chi connectivity index (χ0v) is 33.3. The lowest BCUT2D eigenvalue weighted by Crippen LogP contribution is -2.25. The van der Waals surface area contributed by atoms with Gasteiger partial charge in [-0.05, 0) is 113 Å². The highest BCUT2D eigenvalue weighted by Crippen LogP contribution is 2.55. The van der Waals surface area contributed by atoms with Crippen molar-refractivity contribution in [2.75, 3.05) is 4.90 Å². The van der Waals surface area contributed by atoms with E-state index in [1.165, 1.54) is 92.3 Å². The molecular weight excluding hydrogens is 733 g/mol. The lowest BCUT2D eigenvalue weighted by atomic mass is 9.73. The van der Waals surface area contributed by atoms with Gasteiger partial charge in [0.15, 0.2) is 0 Å². The third kappa shape index (κ3) is 5.11. The first-order chi connectivity index (χ1) is 29.1. The lowest BCUT2D eigenvalue weighted by molar-refractivity contribution is 0.714. The summed E-state index contributed by atoms with van der Waals surface area (Å²) in [5.41, 5.74) is 15.6. The minimum Gasteiger partial charge on any atom is -0.310 e. The van der Waals surface area contributed by atoms with Gasteiger partial charge < -0.3 is 9.47 Å². The molecule has 278 valence electrons. The second kappa shape index (κ2) is 13.2. The summed E-state index contributed by atoms with van der Waals surface area (Å²) in [5, 5.41) is 5.12. The summed E-state index contributed by atoms with van der Waals surface area (Å²) in [6.45, 7) is 2.41. The predicted octanol–water partition coefficient (Wildman–Crippen LogP) is 15.6. The molecule has 0 N–H and O–H groups in total. The highest BCUT2D eigenvalue weighted by molar-refractivity contribution is 7.25. The average Bonchev–Trinajstić information content (AvgIpc) is 3.93. The van der Waals surface area contributed by atoms with E-state index in [0.717, 1.165) is 11.4 Å². The molecule has 0 fully saturated rings. The number of hydrogen-bond acceptors (Lipinski definition) is 2. The van der Waals surface area contributed by atoms with Crippen molar-refractivity contribution in [2.45, 2.75) is 12.3 Å². The molecule has 11 aromatic rings. The Morgan fingerprint density at radius 1 is 0.407 bits per heavy atom. The van der Waals surface area contributed by atoms with Gasteiger partial charge in [-0.25, -0.2) is 0 Å². The fourth-order valence-electron chi connectivity index (χ4n) is 9.93. The monoisotopic (exact) mass is 770 g/mol. The van der Waals surface area contributed by atoms with Crippen LogP contribution in [0.4, 0.5) is 17.1 Å². The number of aromatic nitrogens is 1. The molecule has 0 spiro atoms. The Morgan fingerprint density at radius 2 is 0.983 bits per heavy atom. The van der Waals surface area contributed by atoms with Gasteiger partial charge in [0.05, 0.1) is 16.7 Å². The van der Waals surface area contributed by atoms with E-state index in [-0.39, 0.29) is 5.41 Å². The van der Waals surface area contributed by atoms with Gasteiger partial charge >= 0.3 is 0 Å². The highest BCUT2D eigenvalue weighted by Gasteiger charge is 2.42. The third-order valence-corrected chi connectivity index (χ3v) is 13.8. The van der Waals surface area contributed by atoms with E-state index in [1.807, 2.05) is 11.3 Å². The third-order valence-electron chi connectivity index (χ3n) is 12.7. The lowest BCUT2D eigenvalue weighted by Gasteiger charge is -2.35. The average molecular weight is 771 g/mol. The fraction of sp³-hybridized carbons (Fsp3) is 0.0357. The number of nitrogens with zero attached hydrogens (tertiary/aromatic N) is 2. The SMILES string of the molecule is CC1(c2ccccc2N(c2ccc(-c3ccc4c(c3)c3ccccc3n4-c3ccccc3)cc2)c2ccc3c(c2)sc2ccccc23)c2ccccc2-c2ccccc21. The summed E-state index contributed by atoms with van der Waals surface area (Å²) < 4.78 is 4.97. The van der Waals surface area contributed by atoms with E-state index >= 15 is 0 Å². The fourth-order valence-corrected chi connectivity index (χ4v) is 11.1. The Morgan fingerprint density at radius 3 is 1.76 bits per heavy atom. The smallest absolute Gasteiger partial charge is 0.0541 e. The molecule has 1 aliphatic carbocycles. The zero-order valence-electron chi connectivity index (χ0n) is 32.5. The van der Waals surface area contributed by atoms with Crippen LogP contribution in [0, 0.1) is 0 Å². The molecule has 0 amide bonds. The van der Waals surface area contributed by atoms with Crippen LogP contribution in [0.5, 0.6) is 0 Å². The number of anilines is 3. The number of benzene rings is 9. The first kappa shape index (κ1) is 33.9. The zero-order chi connectivity index (χ0) is 39.1. The van der Waals surface area contributed by atoms with Gasteiger partial charge in [-0.15, -0.1) is 11.3 Å². The van der Waals surface area contributed by atoms with Crippen molar-refractivity contribution in [3.8, 4) is 27.9 Å². The molecule has 0 atom stereocenters. The summed E-state index contributed by atoms with van der Waals surface area (Å²) in [4.78, 5) is 2.48. The molecule has 0 aliphatic heterocycles. The minimum absolute atomic E-state index is 0.363. The summed E-state index contributed by atoms with van der Waals surface area (Å²) in [6.07, 6.45) is 0. The van der Waals surface area contributed by atoms with E-state index < -0.39 is 0 Å². The summed E-state index contributed by atoms with van der Waals surface area (Å²) in [6, 6.07) is 78.3. The molecule has 59 heavy (non-hydrogen) atoms.